The van der Waals surface area contributed by atoms with Crippen LogP contribution in [0.25, 0.3) is 0 Å². The molecule has 0 fully saturated rings. The number of para-hydroxylation sites is 2. The number of nitrogen functional groups attached to an aromatic ring is 1. The topological polar surface area (TPSA) is 35.2 Å². The zero-order valence-corrected chi connectivity index (χ0v) is 9.55. The van der Waals surface area contributed by atoms with Gasteiger partial charge >= 0.3 is 18.3 Å². The molecule has 0 atom stereocenters. The normalized spacial score (nSPS) is 12.8. The Hall–Kier alpha value is -1.60. The minimum absolute atomic E-state index is 0.0265. The number of anilines is 1. The molecule has 0 spiro atoms. The molecule has 0 aliphatic heterocycles. The van der Waals surface area contributed by atoms with Crippen molar-refractivity contribution in [1.82, 2.24) is 0 Å². The largest absolute Gasteiger partial charge is 0.491 e. The minimum Gasteiger partial charge on any atom is -0.491 e. The van der Waals surface area contributed by atoms with E-state index in [0.717, 1.165) is 0 Å². The number of benzene rings is 1. The van der Waals surface area contributed by atoms with Crippen molar-refractivity contribution in [3.8, 4) is 5.75 Å². The molecule has 1 rings (SSSR count). The molecule has 0 radical (unpaired) electrons. The molecule has 1 aromatic rings. The summed E-state index contributed by atoms with van der Waals surface area (Å²) < 4.78 is 79.4. The summed E-state index contributed by atoms with van der Waals surface area (Å²) in [5.41, 5.74) is 5.55. The molecule has 0 saturated carbocycles. The lowest BCUT2D eigenvalue weighted by molar-refractivity contribution is -0.267. The third-order valence-corrected chi connectivity index (χ3v) is 2.35. The first-order valence-corrected chi connectivity index (χ1v) is 5.19. The fourth-order valence-electron chi connectivity index (χ4n) is 1.23. The highest BCUT2D eigenvalue weighted by Gasteiger charge is 2.62. The van der Waals surface area contributed by atoms with Crippen LogP contribution in [0.1, 0.15) is 6.42 Å². The Morgan fingerprint density at radius 1 is 1.11 bits per heavy atom. The molecule has 2 N–H and O–H groups in total. The summed E-state index contributed by atoms with van der Waals surface area (Å²) in [6.45, 7) is -0.858. The van der Waals surface area contributed by atoms with Crippen LogP contribution in [-0.4, -0.2) is 24.9 Å². The van der Waals surface area contributed by atoms with Gasteiger partial charge in [0.2, 0.25) is 0 Å². The van der Waals surface area contributed by atoms with Gasteiger partial charge < -0.3 is 10.5 Å². The fraction of sp³-hybridized carbons (Fsp3) is 0.455. The molecule has 0 amide bonds. The molecule has 0 heterocycles. The maximum Gasteiger partial charge on any atom is 0.369 e. The Bertz CT molecular complexity index is 423. The van der Waals surface area contributed by atoms with Crippen molar-refractivity contribution in [2.24, 2.45) is 0 Å². The zero-order valence-electron chi connectivity index (χ0n) is 9.55. The number of hydrogen-bond acceptors (Lipinski definition) is 2. The Kier molecular flexibility index (Phi) is 4.54. The molecule has 0 aliphatic carbocycles. The molecule has 0 aliphatic rings. The molecule has 2 nitrogen and oxygen atoms in total. The van der Waals surface area contributed by atoms with Crippen LogP contribution in [0.4, 0.5) is 32.0 Å². The van der Waals surface area contributed by atoms with Crippen molar-refractivity contribution < 1.29 is 31.1 Å². The summed E-state index contributed by atoms with van der Waals surface area (Å²) in [7, 11) is 0. The van der Waals surface area contributed by atoms with Crippen molar-refractivity contribution in [1.29, 1.82) is 0 Å². The molecule has 19 heavy (non-hydrogen) atoms. The number of ether oxygens (including phenoxy) is 1. The maximum atomic E-state index is 12.9. The number of halogens is 6. The van der Waals surface area contributed by atoms with E-state index in [1.165, 1.54) is 18.2 Å². The lowest BCUT2D eigenvalue weighted by atomic mass is 10.1. The minimum atomic E-state index is -5.39. The van der Waals surface area contributed by atoms with Gasteiger partial charge in [0, 0.05) is 0 Å². The van der Waals surface area contributed by atoms with Crippen molar-refractivity contribution in [2.75, 3.05) is 12.3 Å². The molecule has 8 heteroatoms. The van der Waals surface area contributed by atoms with E-state index in [2.05, 4.69) is 0 Å². The van der Waals surface area contributed by atoms with Crippen LogP contribution >= 0.6 is 0 Å². The van der Waals surface area contributed by atoms with Crippen LogP contribution in [-0.2, 0) is 0 Å². The highest BCUT2D eigenvalue weighted by molar-refractivity contribution is 5.51. The van der Waals surface area contributed by atoms with Gasteiger partial charge in [-0.2, -0.15) is 17.6 Å². The van der Waals surface area contributed by atoms with Gasteiger partial charge in [-0.25, -0.2) is 8.78 Å². The second-order valence-electron chi connectivity index (χ2n) is 3.76. The molecule has 0 unspecified atom stereocenters. The highest BCUT2D eigenvalue weighted by Crippen LogP contribution is 2.41. The molecular weight excluding hydrogens is 276 g/mol. The van der Waals surface area contributed by atoms with E-state index in [0.29, 0.717) is 0 Å². The van der Waals surface area contributed by atoms with Crippen molar-refractivity contribution in [2.45, 2.75) is 24.7 Å². The monoisotopic (exact) mass is 287 g/mol. The van der Waals surface area contributed by atoms with Gasteiger partial charge in [-0.05, 0) is 12.1 Å². The van der Waals surface area contributed by atoms with Gasteiger partial charge in [0.1, 0.15) is 5.75 Å². The molecule has 0 bridgehead atoms. The Morgan fingerprint density at radius 2 is 1.68 bits per heavy atom. The van der Waals surface area contributed by atoms with Crippen LogP contribution in [0.3, 0.4) is 0 Å². The molecule has 0 saturated heterocycles. The van der Waals surface area contributed by atoms with Gasteiger partial charge in [-0.15, -0.1) is 0 Å². The van der Waals surface area contributed by atoms with Gasteiger partial charge in [0.15, 0.2) is 0 Å². The molecule has 1 aromatic carbocycles. The SMILES string of the molecule is Nc1ccccc1OCCC(F)(F)C(F)(F)C(F)F. The second kappa shape index (κ2) is 5.58. The van der Waals surface area contributed by atoms with Gasteiger partial charge in [0.25, 0.3) is 0 Å². The van der Waals surface area contributed by atoms with E-state index in [-0.39, 0.29) is 11.4 Å². The predicted molar refractivity (Wildman–Crippen MR) is 56.9 cm³/mol. The third-order valence-electron chi connectivity index (χ3n) is 2.35. The van der Waals surface area contributed by atoms with E-state index < -0.39 is 31.3 Å². The number of nitrogens with two attached hydrogens (primary N) is 1. The van der Waals surface area contributed by atoms with E-state index in [4.69, 9.17) is 10.5 Å². The van der Waals surface area contributed by atoms with E-state index >= 15 is 0 Å². The van der Waals surface area contributed by atoms with Crippen molar-refractivity contribution in [3.05, 3.63) is 24.3 Å². The summed E-state index contributed by atoms with van der Waals surface area (Å²) in [5, 5.41) is 0. The third kappa shape index (κ3) is 3.45. The number of rotatable bonds is 6. The summed E-state index contributed by atoms with van der Waals surface area (Å²) >= 11 is 0. The smallest absolute Gasteiger partial charge is 0.369 e. The maximum absolute atomic E-state index is 12.9. The van der Waals surface area contributed by atoms with Crippen LogP contribution in [0, 0.1) is 0 Å². The Morgan fingerprint density at radius 3 is 2.21 bits per heavy atom. The summed E-state index contributed by atoms with van der Waals surface area (Å²) in [6, 6.07) is 5.82. The lowest BCUT2D eigenvalue weighted by Crippen LogP contribution is -2.47. The van der Waals surface area contributed by atoms with E-state index in [9.17, 15) is 26.3 Å². The van der Waals surface area contributed by atoms with Crippen LogP contribution in [0.15, 0.2) is 24.3 Å². The molecular formula is C11H11F6NO. The van der Waals surface area contributed by atoms with E-state index in [1.807, 2.05) is 0 Å². The first kappa shape index (κ1) is 15.5. The quantitative estimate of drug-likeness (QED) is 0.641. The van der Waals surface area contributed by atoms with Crippen molar-refractivity contribution >= 4 is 5.69 Å². The van der Waals surface area contributed by atoms with Crippen LogP contribution in [0.2, 0.25) is 0 Å². The Balaban J connectivity index is 2.60. The fourth-order valence-corrected chi connectivity index (χ4v) is 1.23. The van der Waals surface area contributed by atoms with E-state index in [1.54, 1.807) is 6.07 Å². The number of hydrogen-bond donors (Lipinski definition) is 1. The highest BCUT2D eigenvalue weighted by atomic mass is 19.3. The van der Waals surface area contributed by atoms with Gasteiger partial charge in [-0.3, -0.25) is 0 Å². The van der Waals surface area contributed by atoms with Gasteiger partial charge in [0.05, 0.1) is 18.7 Å². The lowest BCUT2D eigenvalue weighted by Gasteiger charge is -2.25. The van der Waals surface area contributed by atoms with Crippen LogP contribution < -0.4 is 10.5 Å². The average molecular weight is 287 g/mol. The first-order chi connectivity index (χ1) is 8.68. The molecule has 108 valence electrons. The zero-order chi connectivity index (χ0) is 14.7. The van der Waals surface area contributed by atoms with Crippen LogP contribution in [0.5, 0.6) is 5.75 Å². The van der Waals surface area contributed by atoms with Crippen molar-refractivity contribution in [3.63, 3.8) is 0 Å². The average Bonchev–Trinajstić information content (AvgIpc) is 2.31. The van der Waals surface area contributed by atoms with Gasteiger partial charge in [-0.1, -0.05) is 12.1 Å². The first-order valence-electron chi connectivity index (χ1n) is 5.19. The Labute approximate surface area is 105 Å². The predicted octanol–water partition coefficient (Wildman–Crippen LogP) is 3.57. The summed E-state index contributed by atoms with van der Waals surface area (Å²) in [4.78, 5) is 0. The number of alkyl halides is 6. The summed E-state index contributed by atoms with van der Waals surface area (Å²) in [6.07, 6.45) is -5.98. The summed E-state index contributed by atoms with van der Waals surface area (Å²) in [5.74, 6) is -10.2. The standard InChI is InChI=1S/C11H11F6NO/c12-9(13)11(16,17)10(14,15)5-6-19-8-4-2-1-3-7(8)18/h1-4,9H,5-6,18H2. The molecule has 0 aromatic heterocycles. The second-order valence-corrected chi connectivity index (χ2v) is 3.76.